The van der Waals surface area contributed by atoms with Gasteiger partial charge < -0.3 is 15.5 Å². The fourth-order valence-corrected chi connectivity index (χ4v) is 2.58. The molecule has 1 heterocycles. The molecule has 0 aromatic carbocycles. The first-order valence-corrected chi connectivity index (χ1v) is 6.98. The molecular weight excluding hydrogens is 258 g/mol. The number of aliphatic hydroxyl groups excluding tert-OH is 1. The molecule has 1 aliphatic carbocycles. The lowest BCUT2D eigenvalue weighted by molar-refractivity contribution is 0.0696. The van der Waals surface area contributed by atoms with Crippen LogP contribution in [0.4, 0.5) is 5.82 Å². The van der Waals surface area contributed by atoms with Gasteiger partial charge in [-0.25, -0.2) is 4.79 Å². The number of nitrogens with one attached hydrogen (secondary N) is 1. The molecule has 1 aliphatic rings. The summed E-state index contributed by atoms with van der Waals surface area (Å²) in [6.45, 7) is 4.17. The smallest absolute Gasteiger partial charge is 0.339 e. The van der Waals surface area contributed by atoms with Crippen molar-refractivity contribution in [3.63, 3.8) is 0 Å². The summed E-state index contributed by atoms with van der Waals surface area (Å²) >= 11 is 0. The normalized spacial score (nSPS) is 22.6. The van der Waals surface area contributed by atoms with Crippen molar-refractivity contribution in [3.05, 3.63) is 16.8 Å². The number of carboxylic acid groups (broad SMARTS) is 1. The molecule has 1 fully saturated rings. The van der Waals surface area contributed by atoms with Gasteiger partial charge in [-0.15, -0.1) is 5.10 Å². The lowest BCUT2D eigenvalue weighted by atomic mass is 9.87. The Labute approximate surface area is 118 Å². The van der Waals surface area contributed by atoms with Crippen molar-refractivity contribution in [2.45, 2.75) is 45.6 Å². The standard InChI is InChI=1S/C14H21N3O3/c1-8-9(2)16-17-13(12(8)14(19)20)15-7-10-3-5-11(18)6-4-10/h10-11,18H,3-7H2,1-2H3,(H,15,17)(H,19,20). The van der Waals surface area contributed by atoms with Crippen LogP contribution >= 0.6 is 0 Å². The average Bonchev–Trinajstić information content (AvgIpc) is 2.41. The predicted octanol–water partition coefficient (Wildman–Crippen LogP) is 1.75. The molecular formula is C14H21N3O3. The zero-order chi connectivity index (χ0) is 14.7. The maximum Gasteiger partial charge on any atom is 0.339 e. The Morgan fingerprint density at radius 2 is 1.90 bits per heavy atom. The molecule has 0 amide bonds. The van der Waals surface area contributed by atoms with E-state index in [2.05, 4.69) is 15.5 Å². The lowest BCUT2D eigenvalue weighted by Gasteiger charge is -2.25. The highest BCUT2D eigenvalue weighted by Crippen LogP contribution is 2.25. The van der Waals surface area contributed by atoms with Crippen molar-refractivity contribution in [1.82, 2.24) is 10.2 Å². The van der Waals surface area contributed by atoms with Crippen LogP contribution in [-0.2, 0) is 0 Å². The highest BCUT2D eigenvalue weighted by molar-refractivity contribution is 5.94. The van der Waals surface area contributed by atoms with E-state index in [4.69, 9.17) is 0 Å². The Balaban J connectivity index is 2.06. The average molecular weight is 279 g/mol. The molecule has 0 aliphatic heterocycles. The van der Waals surface area contributed by atoms with Gasteiger partial charge >= 0.3 is 5.97 Å². The Kier molecular flexibility index (Phi) is 4.54. The maximum absolute atomic E-state index is 11.3. The fraction of sp³-hybridized carbons (Fsp3) is 0.643. The van der Waals surface area contributed by atoms with Crippen LogP contribution in [0.5, 0.6) is 0 Å². The van der Waals surface area contributed by atoms with Gasteiger partial charge in [-0.3, -0.25) is 0 Å². The number of carbonyl (C=O) groups is 1. The number of hydrogen-bond acceptors (Lipinski definition) is 5. The largest absolute Gasteiger partial charge is 0.478 e. The summed E-state index contributed by atoms with van der Waals surface area (Å²) in [5, 5.41) is 29.8. The SMILES string of the molecule is Cc1nnc(NCC2CCC(O)CC2)c(C(=O)O)c1C. The molecule has 3 N–H and O–H groups in total. The number of nitrogens with zero attached hydrogens (tertiary/aromatic N) is 2. The molecule has 0 atom stereocenters. The predicted molar refractivity (Wildman–Crippen MR) is 74.9 cm³/mol. The van der Waals surface area contributed by atoms with Crippen LogP contribution in [-0.4, -0.2) is 39.0 Å². The molecule has 0 spiro atoms. The summed E-state index contributed by atoms with van der Waals surface area (Å²) in [6.07, 6.45) is 3.36. The molecule has 1 aromatic heterocycles. The van der Waals surface area contributed by atoms with Crippen molar-refractivity contribution in [2.24, 2.45) is 5.92 Å². The molecule has 110 valence electrons. The van der Waals surface area contributed by atoms with Crippen molar-refractivity contribution in [2.75, 3.05) is 11.9 Å². The summed E-state index contributed by atoms with van der Waals surface area (Å²) in [5.41, 5.74) is 1.48. The quantitative estimate of drug-likeness (QED) is 0.777. The number of aromatic nitrogens is 2. The minimum absolute atomic E-state index is 0.178. The number of aryl methyl sites for hydroxylation is 1. The monoisotopic (exact) mass is 279 g/mol. The number of aromatic carboxylic acids is 1. The first-order chi connectivity index (χ1) is 9.49. The fourth-order valence-electron chi connectivity index (χ4n) is 2.58. The second-order valence-electron chi connectivity index (χ2n) is 5.49. The molecule has 0 bridgehead atoms. The third-order valence-corrected chi connectivity index (χ3v) is 4.04. The van der Waals surface area contributed by atoms with E-state index in [0.29, 0.717) is 29.5 Å². The first-order valence-electron chi connectivity index (χ1n) is 6.98. The Morgan fingerprint density at radius 3 is 2.50 bits per heavy atom. The van der Waals surface area contributed by atoms with Crippen LogP contribution in [0.2, 0.25) is 0 Å². The van der Waals surface area contributed by atoms with Crippen molar-refractivity contribution in [1.29, 1.82) is 0 Å². The van der Waals surface area contributed by atoms with Gasteiger partial charge in [-0.05, 0) is 51.0 Å². The molecule has 1 aromatic rings. The zero-order valence-electron chi connectivity index (χ0n) is 11.9. The van der Waals surface area contributed by atoms with E-state index in [1.54, 1.807) is 13.8 Å². The third-order valence-electron chi connectivity index (χ3n) is 4.04. The van der Waals surface area contributed by atoms with Crippen LogP contribution < -0.4 is 5.32 Å². The van der Waals surface area contributed by atoms with E-state index in [1.807, 2.05) is 0 Å². The molecule has 6 heteroatoms. The van der Waals surface area contributed by atoms with E-state index < -0.39 is 5.97 Å². The maximum atomic E-state index is 11.3. The molecule has 0 unspecified atom stereocenters. The number of aliphatic hydroxyl groups is 1. The highest BCUT2D eigenvalue weighted by atomic mass is 16.4. The minimum atomic E-state index is -0.984. The highest BCUT2D eigenvalue weighted by Gasteiger charge is 2.21. The molecule has 6 nitrogen and oxygen atoms in total. The van der Waals surface area contributed by atoms with Gasteiger partial charge in [0.25, 0.3) is 0 Å². The summed E-state index contributed by atoms with van der Waals surface area (Å²) in [6, 6.07) is 0. The number of hydrogen-bond donors (Lipinski definition) is 3. The van der Waals surface area contributed by atoms with Crippen molar-refractivity contribution in [3.8, 4) is 0 Å². The first kappa shape index (κ1) is 14.7. The van der Waals surface area contributed by atoms with Gasteiger partial charge in [-0.2, -0.15) is 5.10 Å². The van der Waals surface area contributed by atoms with Gasteiger partial charge in [0.15, 0.2) is 5.82 Å². The number of rotatable bonds is 4. The molecule has 1 saturated carbocycles. The van der Waals surface area contributed by atoms with Crippen LogP contribution in [0.15, 0.2) is 0 Å². The molecule has 2 rings (SSSR count). The molecule has 0 radical (unpaired) electrons. The molecule has 20 heavy (non-hydrogen) atoms. The van der Waals surface area contributed by atoms with Crippen molar-refractivity contribution < 1.29 is 15.0 Å². The van der Waals surface area contributed by atoms with E-state index >= 15 is 0 Å². The van der Waals surface area contributed by atoms with Gasteiger partial charge in [0.2, 0.25) is 0 Å². The number of anilines is 1. The summed E-state index contributed by atoms with van der Waals surface area (Å²) in [5.74, 6) is -0.197. The van der Waals surface area contributed by atoms with Gasteiger partial charge in [0, 0.05) is 6.54 Å². The van der Waals surface area contributed by atoms with E-state index in [0.717, 1.165) is 25.7 Å². The minimum Gasteiger partial charge on any atom is -0.478 e. The molecule has 0 saturated heterocycles. The van der Waals surface area contributed by atoms with Crippen LogP contribution in [0.1, 0.15) is 47.3 Å². The lowest BCUT2D eigenvalue weighted by Crippen LogP contribution is -2.24. The van der Waals surface area contributed by atoms with Gasteiger partial charge in [0.05, 0.1) is 11.8 Å². The summed E-state index contributed by atoms with van der Waals surface area (Å²) in [7, 11) is 0. The Bertz CT molecular complexity index is 497. The van der Waals surface area contributed by atoms with Crippen LogP contribution in [0.3, 0.4) is 0 Å². The van der Waals surface area contributed by atoms with Crippen LogP contribution in [0, 0.1) is 19.8 Å². The second kappa shape index (κ2) is 6.17. The van der Waals surface area contributed by atoms with Crippen LogP contribution in [0.25, 0.3) is 0 Å². The summed E-state index contributed by atoms with van der Waals surface area (Å²) < 4.78 is 0. The van der Waals surface area contributed by atoms with E-state index in [1.165, 1.54) is 0 Å². The summed E-state index contributed by atoms with van der Waals surface area (Å²) in [4.78, 5) is 11.3. The topological polar surface area (TPSA) is 95.3 Å². The number of carboxylic acids is 1. The second-order valence-corrected chi connectivity index (χ2v) is 5.49. The van der Waals surface area contributed by atoms with Gasteiger partial charge in [-0.1, -0.05) is 0 Å². The van der Waals surface area contributed by atoms with E-state index in [-0.39, 0.29) is 11.7 Å². The van der Waals surface area contributed by atoms with Crippen molar-refractivity contribution >= 4 is 11.8 Å². The zero-order valence-corrected chi connectivity index (χ0v) is 11.9. The van der Waals surface area contributed by atoms with E-state index in [9.17, 15) is 15.0 Å². The Hall–Kier alpha value is -1.69. The van der Waals surface area contributed by atoms with Gasteiger partial charge in [0.1, 0.15) is 5.56 Å². The third kappa shape index (κ3) is 3.25. The Morgan fingerprint density at radius 1 is 1.25 bits per heavy atom.